The van der Waals surface area contributed by atoms with Crippen molar-refractivity contribution in [2.45, 2.75) is 28.9 Å². The van der Waals surface area contributed by atoms with Crippen LogP contribution in [0.25, 0.3) is 11.1 Å². The van der Waals surface area contributed by atoms with Crippen LogP contribution in [0.4, 0.5) is 35.1 Å². The molecule has 2 aromatic rings. The van der Waals surface area contributed by atoms with E-state index < -0.39 is 72.7 Å². The summed E-state index contributed by atoms with van der Waals surface area (Å²) in [6.07, 6.45) is 1.11. The molecule has 0 aliphatic heterocycles. The summed E-state index contributed by atoms with van der Waals surface area (Å²) in [6.45, 7) is 2.97. The molecule has 0 aliphatic rings. The molecule has 2 rings (SSSR count). The van der Waals surface area contributed by atoms with Crippen molar-refractivity contribution in [3.8, 4) is 11.1 Å². The Hall–Kier alpha value is -1.42. The molecule has 0 N–H and O–H groups in total. The smallest absolute Gasteiger partial charge is 0.176 e. The molecule has 0 atom stereocenters. The van der Waals surface area contributed by atoms with Crippen molar-refractivity contribution in [1.29, 1.82) is 0 Å². The van der Waals surface area contributed by atoms with Crippen molar-refractivity contribution in [2.75, 3.05) is 6.26 Å². The number of halogens is 8. The molecule has 0 saturated carbocycles. The van der Waals surface area contributed by atoms with E-state index in [2.05, 4.69) is 0 Å². The summed E-state index contributed by atoms with van der Waals surface area (Å²) in [4.78, 5) is -2.11. The Morgan fingerprint density at radius 1 is 0.538 bits per heavy atom. The third-order valence-electron chi connectivity index (χ3n) is 3.25. The Morgan fingerprint density at radius 3 is 1.12 bits per heavy atom. The van der Waals surface area contributed by atoms with E-state index in [4.69, 9.17) is 0 Å². The number of hydrogen-bond acceptors (Lipinski definition) is 2. The van der Waals surface area contributed by atoms with E-state index in [1.165, 1.54) is 13.8 Å². The summed E-state index contributed by atoms with van der Waals surface area (Å²) < 4.78 is 113. The number of benzene rings is 2. The number of rotatable bonds is 4. The Bertz CT molecular complexity index is 822. The molecule has 0 heterocycles. The lowest BCUT2D eigenvalue weighted by Crippen LogP contribution is -2.09. The molecule has 0 saturated heterocycles. The second-order valence-corrected chi connectivity index (χ2v) is 7.69. The molecule has 0 spiro atoms. The lowest BCUT2D eigenvalue weighted by Gasteiger charge is -2.15. The predicted molar refractivity (Wildman–Crippen MR) is 84.3 cm³/mol. The predicted octanol–water partition coefficient (Wildman–Crippen LogP) is 6.69. The minimum Gasteiger partial charge on any atom is -0.203 e. The summed E-state index contributed by atoms with van der Waals surface area (Å²) in [7, 11) is 0. The highest BCUT2D eigenvalue weighted by atomic mass is 32.2. The fraction of sp³-hybridized carbons (Fsp3) is 0.250. The van der Waals surface area contributed by atoms with Crippen LogP contribution < -0.4 is 0 Å². The van der Waals surface area contributed by atoms with Gasteiger partial charge in [0.1, 0.15) is 0 Å². The highest BCUT2D eigenvalue weighted by molar-refractivity contribution is 8.00. The first-order chi connectivity index (χ1) is 12.0. The van der Waals surface area contributed by atoms with Crippen LogP contribution in [0, 0.1) is 46.5 Å². The Labute approximate surface area is 152 Å². The van der Waals surface area contributed by atoms with Crippen molar-refractivity contribution in [3.05, 3.63) is 46.5 Å². The number of thioether (sulfide) groups is 2. The second-order valence-electron chi connectivity index (χ2n) is 5.29. The topological polar surface area (TPSA) is 0 Å². The minimum absolute atomic E-state index is 0.309. The summed E-state index contributed by atoms with van der Waals surface area (Å²) in [6, 6.07) is 0. The van der Waals surface area contributed by atoms with Crippen LogP contribution in [0.15, 0.2) is 9.79 Å². The van der Waals surface area contributed by atoms with Gasteiger partial charge in [0, 0.05) is 5.25 Å². The van der Waals surface area contributed by atoms with Crippen molar-refractivity contribution in [1.82, 2.24) is 0 Å². The highest BCUT2D eigenvalue weighted by Crippen LogP contribution is 2.42. The standard InChI is InChI=1S/C16H10F8S2/c1-4(2)26-16-13(23)9(19)6(10(20)14(16)24)5-7(17)11(21)15(25-3)12(22)8(5)18/h4H,1-3H3. The van der Waals surface area contributed by atoms with Crippen molar-refractivity contribution in [2.24, 2.45) is 0 Å². The van der Waals surface area contributed by atoms with E-state index in [1.807, 2.05) is 0 Å². The average Bonchev–Trinajstić information content (AvgIpc) is 2.58. The minimum atomic E-state index is -2.16. The van der Waals surface area contributed by atoms with Gasteiger partial charge in [0.2, 0.25) is 0 Å². The van der Waals surface area contributed by atoms with Gasteiger partial charge < -0.3 is 0 Å². The SMILES string of the molecule is CSc1c(F)c(F)c(-c2c(F)c(F)c(SC(C)C)c(F)c2F)c(F)c1F. The van der Waals surface area contributed by atoms with Gasteiger partial charge in [-0.05, 0) is 6.26 Å². The molecule has 10 heteroatoms. The first-order valence-electron chi connectivity index (χ1n) is 6.97. The lowest BCUT2D eigenvalue weighted by molar-refractivity contribution is 0.415. The Kier molecular flexibility index (Phi) is 6.17. The molecule has 0 fully saturated rings. The molecular formula is C16H10F8S2. The van der Waals surface area contributed by atoms with Gasteiger partial charge in [-0.3, -0.25) is 0 Å². The van der Waals surface area contributed by atoms with Crippen molar-refractivity contribution in [3.63, 3.8) is 0 Å². The van der Waals surface area contributed by atoms with Crippen LogP contribution >= 0.6 is 23.5 Å². The van der Waals surface area contributed by atoms with Crippen LogP contribution in [0.1, 0.15) is 13.8 Å². The average molecular weight is 418 g/mol. The van der Waals surface area contributed by atoms with Gasteiger partial charge in [0.05, 0.1) is 20.9 Å². The van der Waals surface area contributed by atoms with Gasteiger partial charge >= 0.3 is 0 Å². The molecule has 26 heavy (non-hydrogen) atoms. The van der Waals surface area contributed by atoms with Crippen molar-refractivity contribution < 1.29 is 35.1 Å². The van der Waals surface area contributed by atoms with Gasteiger partial charge in [-0.1, -0.05) is 13.8 Å². The van der Waals surface area contributed by atoms with Crippen LogP contribution in [0.2, 0.25) is 0 Å². The van der Waals surface area contributed by atoms with E-state index in [-0.39, 0.29) is 0 Å². The maximum absolute atomic E-state index is 14.3. The molecular weight excluding hydrogens is 408 g/mol. The number of hydrogen-bond donors (Lipinski definition) is 0. The van der Waals surface area contributed by atoms with Gasteiger partial charge in [-0.2, -0.15) is 0 Å². The lowest BCUT2D eigenvalue weighted by atomic mass is 10.0. The summed E-state index contributed by atoms with van der Waals surface area (Å²) >= 11 is 0.745. The first-order valence-corrected chi connectivity index (χ1v) is 9.07. The molecule has 0 amide bonds. The second kappa shape index (κ2) is 7.67. The van der Waals surface area contributed by atoms with E-state index >= 15 is 0 Å². The summed E-state index contributed by atoms with van der Waals surface area (Å²) in [5.74, 6) is -16.3. The highest BCUT2D eigenvalue weighted by Gasteiger charge is 2.34. The Morgan fingerprint density at radius 2 is 0.846 bits per heavy atom. The van der Waals surface area contributed by atoms with Crippen LogP contribution in [-0.2, 0) is 0 Å². The molecule has 0 nitrogen and oxygen atoms in total. The molecule has 0 radical (unpaired) electrons. The summed E-state index contributed by atoms with van der Waals surface area (Å²) in [5, 5.41) is -0.479. The maximum atomic E-state index is 14.3. The van der Waals surface area contributed by atoms with Gasteiger partial charge in [0.15, 0.2) is 46.5 Å². The molecule has 0 aromatic heterocycles. The fourth-order valence-corrected chi connectivity index (χ4v) is 3.58. The molecule has 2 aromatic carbocycles. The fourth-order valence-electron chi connectivity index (χ4n) is 2.18. The molecule has 0 unspecified atom stereocenters. The van der Waals surface area contributed by atoms with Crippen molar-refractivity contribution >= 4 is 23.5 Å². The zero-order chi connectivity index (χ0) is 19.9. The van der Waals surface area contributed by atoms with Crippen LogP contribution in [0.3, 0.4) is 0 Å². The van der Waals surface area contributed by atoms with Crippen LogP contribution in [0.5, 0.6) is 0 Å². The quantitative estimate of drug-likeness (QED) is 0.308. The first kappa shape index (κ1) is 20.9. The third-order valence-corrected chi connectivity index (χ3v) is 5.09. The van der Waals surface area contributed by atoms with Gasteiger partial charge in [-0.25, -0.2) is 35.1 Å². The zero-order valence-electron chi connectivity index (χ0n) is 13.4. The monoisotopic (exact) mass is 418 g/mol. The van der Waals surface area contributed by atoms with E-state index in [0.29, 0.717) is 23.5 Å². The van der Waals surface area contributed by atoms with E-state index in [1.54, 1.807) is 0 Å². The van der Waals surface area contributed by atoms with Crippen LogP contribution in [-0.4, -0.2) is 11.5 Å². The van der Waals surface area contributed by atoms with E-state index in [0.717, 1.165) is 6.26 Å². The maximum Gasteiger partial charge on any atom is 0.176 e. The van der Waals surface area contributed by atoms with E-state index in [9.17, 15) is 35.1 Å². The normalized spacial score (nSPS) is 11.5. The summed E-state index contributed by atoms with van der Waals surface area (Å²) in [5.41, 5.74) is -3.71. The Balaban J connectivity index is 2.91. The molecule has 0 bridgehead atoms. The largest absolute Gasteiger partial charge is 0.203 e. The molecule has 142 valence electrons. The third kappa shape index (κ3) is 3.28. The zero-order valence-corrected chi connectivity index (χ0v) is 15.1. The van der Waals surface area contributed by atoms with Gasteiger partial charge in [-0.15, -0.1) is 23.5 Å². The molecule has 0 aliphatic carbocycles. The van der Waals surface area contributed by atoms with Gasteiger partial charge in [0.25, 0.3) is 0 Å².